The minimum atomic E-state index is -0.271. The average molecular weight is 483 g/mol. The third kappa shape index (κ3) is 7.07. The molecule has 3 aromatic carbocycles. The van der Waals surface area contributed by atoms with E-state index in [-0.39, 0.29) is 30.8 Å². The molecule has 8 heteroatoms. The molecule has 3 amide bonds. The number of rotatable bonds is 10. The molecule has 182 valence electrons. The van der Waals surface area contributed by atoms with Crippen molar-refractivity contribution in [1.82, 2.24) is 10.6 Å². The first-order chi connectivity index (χ1) is 17.6. The smallest absolute Gasteiger partial charge is 0.251 e. The second-order valence-electron chi connectivity index (χ2n) is 7.99. The fraction of sp³-hybridized carbons (Fsp3) is 0.107. The van der Waals surface area contributed by atoms with E-state index in [9.17, 15) is 14.4 Å². The molecule has 0 aliphatic heterocycles. The van der Waals surface area contributed by atoms with Crippen molar-refractivity contribution < 1.29 is 18.8 Å². The summed E-state index contributed by atoms with van der Waals surface area (Å²) in [5.41, 5.74) is 3.19. The molecule has 4 aromatic rings. The second kappa shape index (κ2) is 12.0. The molecule has 0 fully saturated rings. The van der Waals surface area contributed by atoms with Gasteiger partial charge < -0.3 is 25.7 Å². The fourth-order valence-corrected chi connectivity index (χ4v) is 3.43. The Hall–Kier alpha value is -4.85. The van der Waals surface area contributed by atoms with E-state index in [1.54, 1.807) is 66.9 Å². The van der Waals surface area contributed by atoms with Crippen LogP contribution in [0.25, 0.3) is 0 Å². The highest BCUT2D eigenvalue weighted by Crippen LogP contribution is 2.13. The lowest BCUT2D eigenvalue weighted by Crippen LogP contribution is -2.24. The minimum Gasteiger partial charge on any atom is -0.467 e. The molecule has 4 N–H and O–H groups in total. The van der Waals surface area contributed by atoms with E-state index in [1.165, 1.54) is 0 Å². The molecule has 0 saturated heterocycles. The molecule has 0 radical (unpaired) electrons. The number of amides is 3. The molecule has 0 atom stereocenters. The number of carbonyl (C=O) groups is 3. The van der Waals surface area contributed by atoms with Crippen molar-refractivity contribution in [2.24, 2.45) is 0 Å². The number of furan rings is 1. The minimum absolute atomic E-state index is 0.0223. The summed E-state index contributed by atoms with van der Waals surface area (Å²) >= 11 is 0. The highest BCUT2D eigenvalue weighted by Gasteiger charge is 2.09. The largest absolute Gasteiger partial charge is 0.467 e. The summed E-state index contributed by atoms with van der Waals surface area (Å²) in [5, 5.41) is 11.5. The van der Waals surface area contributed by atoms with Crippen LogP contribution < -0.4 is 21.3 Å². The molecular weight excluding hydrogens is 456 g/mol. The lowest BCUT2D eigenvalue weighted by molar-refractivity contribution is -0.114. The van der Waals surface area contributed by atoms with Crippen LogP contribution in [0, 0.1) is 0 Å². The number of anilines is 2. The third-order valence-corrected chi connectivity index (χ3v) is 5.31. The van der Waals surface area contributed by atoms with E-state index < -0.39 is 0 Å². The molecule has 0 saturated carbocycles. The topological polar surface area (TPSA) is 112 Å². The number of benzene rings is 3. The van der Waals surface area contributed by atoms with Crippen LogP contribution in [0.5, 0.6) is 0 Å². The lowest BCUT2D eigenvalue weighted by Gasteiger charge is -2.10. The summed E-state index contributed by atoms with van der Waals surface area (Å²) in [6.45, 7) is 0.751. The number of nitrogens with one attached hydrogen (secondary N) is 4. The van der Waals surface area contributed by atoms with Crippen molar-refractivity contribution in [2.75, 3.05) is 17.2 Å². The van der Waals surface area contributed by atoms with Gasteiger partial charge in [-0.25, -0.2) is 0 Å². The van der Waals surface area contributed by atoms with Gasteiger partial charge in [-0.05, 0) is 60.2 Å². The Labute approximate surface area is 208 Å². The molecule has 0 bridgehead atoms. The van der Waals surface area contributed by atoms with Gasteiger partial charge in [0.1, 0.15) is 5.76 Å². The van der Waals surface area contributed by atoms with Crippen LogP contribution in [0.4, 0.5) is 11.4 Å². The highest BCUT2D eigenvalue weighted by molar-refractivity contribution is 5.98. The number of carbonyl (C=O) groups excluding carboxylic acids is 3. The van der Waals surface area contributed by atoms with Gasteiger partial charge in [0, 0.05) is 29.0 Å². The van der Waals surface area contributed by atoms with Gasteiger partial charge in [0.25, 0.3) is 11.8 Å². The summed E-state index contributed by atoms with van der Waals surface area (Å²) in [6, 6.07) is 26.8. The summed E-state index contributed by atoms with van der Waals surface area (Å²) in [4.78, 5) is 37.1. The van der Waals surface area contributed by atoms with Gasteiger partial charge in [-0.2, -0.15) is 0 Å². The van der Waals surface area contributed by atoms with Crippen LogP contribution in [0.2, 0.25) is 0 Å². The molecule has 8 nitrogen and oxygen atoms in total. The van der Waals surface area contributed by atoms with E-state index in [0.717, 1.165) is 5.56 Å². The van der Waals surface area contributed by atoms with Crippen molar-refractivity contribution in [3.05, 3.63) is 120 Å². The van der Waals surface area contributed by atoms with E-state index in [1.807, 2.05) is 30.3 Å². The summed E-state index contributed by atoms with van der Waals surface area (Å²) < 4.78 is 5.21. The number of hydrogen-bond acceptors (Lipinski definition) is 5. The third-order valence-electron chi connectivity index (χ3n) is 5.31. The molecule has 1 aromatic heterocycles. The van der Waals surface area contributed by atoms with Crippen molar-refractivity contribution >= 4 is 29.1 Å². The van der Waals surface area contributed by atoms with Crippen molar-refractivity contribution in [2.45, 2.75) is 13.1 Å². The van der Waals surface area contributed by atoms with Crippen LogP contribution >= 0.6 is 0 Å². The van der Waals surface area contributed by atoms with Gasteiger partial charge in [0.2, 0.25) is 5.91 Å². The van der Waals surface area contributed by atoms with Crippen LogP contribution in [-0.4, -0.2) is 24.3 Å². The standard InChI is InChI=1S/C28H26N4O4/c33-26(32-24-9-4-8-22(16-24)28(35)31-18-25-10-5-15-36-25)19-29-23-13-11-21(12-14-23)27(34)30-17-20-6-2-1-3-7-20/h1-16,29H,17-19H2,(H,30,34)(H,31,35)(H,32,33). The van der Waals surface area contributed by atoms with E-state index in [0.29, 0.717) is 34.8 Å². The number of hydrogen-bond donors (Lipinski definition) is 4. The molecule has 36 heavy (non-hydrogen) atoms. The SMILES string of the molecule is O=C(CNc1ccc(C(=O)NCc2ccccc2)cc1)Nc1cccc(C(=O)NCc2ccco2)c1. The predicted octanol–water partition coefficient (Wildman–Crippen LogP) is 4.19. The summed E-state index contributed by atoms with van der Waals surface area (Å²) in [6.07, 6.45) is 1.55. The maximum absolute atomic E-state index is 12.4. The van der Waals surface area contributed by atoms with Crippen LogP contribution in [0.1, 0.15) is 32.0 Å². The van der Waals surface area contributed by atoms with E-state index >= 15 is 0 Å². The molecule has 1 heterocycles. The van der Waals surface area contributed by atoms with E-state index in [2.05, 4.69) is 21.3 Å². The Balaban J connectivity index is 1.23. The normalized spacial score (nSPS) is 10.3. The first-order valence-corrected chi connectivity index (χ1v) is 11.4. The second-order valence-corrected chi connectivity index (χ2v) is 7.99. The first-order valence-electron chi connectivity index (χ1n) is 11.4. The Morgan fingerprint density at radius 2 is 1.42 bits per heavy atom. The van der Waals surface area contributed by atoms with Gasteiger partial charge >= 0.3 is 0 Å². The quantitative estimate of drug-likeness (QED) is 0.271. The zero-order chi connectivity index (χ0) is 25.2. The predicted molar refractivity (Wildman–Crippen MR) is 137 cm³/mol. The Morgan fingerprint density at radius 3 is 2.17 bits per heavy atom. The monoisotopic (exact) mass is 482 g/mol. The first kappa shape index (κ1) is 24.3. The summed E-state index contributed by atoms with van der Waals surface area (Å²) in [7, 11) is 0. The molecule has 0 spiro atoms. The fourth-order valence-electron chi connectivity index (χ4n) is 3.43. The molecular formula is C28H26N4O4. The Bertz CT molecular complexity index is 1300. The zero-order valence-electron chi connectivity index (χ0n) is 19.5. The maximum atomic E-state index is 12.4. The van der Waals surface area contributed by atoms with Gasteiger partial charge in [-0.1, -0.05) is 36.4 Å². The van der Waals surface area contributed by atoms with Gasteiger partial charge in [-0.15, -0.1) is 0 Å². The summed E-state index contributed by atoms with van der Waals surface area (Å²) in [5.74, 6) is -0.0581. The molecule has 4 rings (SSSR count). The molecule has 0 aliphatic rings. The average Bonchev–Trinajstić information content (AvgIpc) is 3.44. The van der Waals surface area contributed by atoms with Gasteiger partial charge in [0.15, 0.2) is 0 Å². The van der Waals surface area contributed by atoms with Gasteiger partial charge in [-0.3, -0.25) is 14.4 Å². The van der Waals surface area contributed by atoms with E-state index in [4.69, 9.17) is 4.42 Å². The molecule has 0 aliphatic carbocycles. The van der Waals surface area contributed by atoms with Crippen LogP contribution in [-0.2, 0) is 17.9 Å². The highest BCUT2D eigenvalue weighted by atomic mass is 16.3. The Morgan fingerprint density at radius 1 is 0.667 bits per heavy atom. The zero-order valence-corrected chi connectivity index (χ0v) is 19.5. The van der Waals surface area contributed by atoms with Gasteiger partial charge in [0.05, 0.1) is 19.4 Å². The maximum Gasteiger partial charge on any atom is 0.251 e. The molecule has 0 unspecified atom stereocenters. The lowest BCUT2D eigenvalue weighted by atomic mass is 10.1. The van der Waals surface area contributed by atoms with Crippen molar-refractivity contribution in [1.29, 1.82) is 0 Å². The van der Waals surface area contributed by atoms with Crippen LogP contribution in [0.3, 0.4) is 0 Å². The Kier molecular flexibility index (Phi) is 8.11. The van der Waals surface area contributed by atoms with Crippen molar-refractivity contribution in [3.8, 4) is 0 Å². The van der Waals surface area contributed by atoms with Crippen molar-refractivity contribution in [3.63, 3.8) is 0 Å². The van der Waals surface area contributed by atoms with Crippen LogP contribution in [0.15, 0.2) is 102 Å².